The number of anilines is 1. The summed E-state index contributed by atoms with van der Waals surface area (Å²) in [5.41, 5.74) is 6.66. The SMILES string of the molecule is CC(=O)c1ccc(C(C(=O)O)=C2c3cnc4ccccc4c3CN2c2ccc(C)cc2)cc1. The Balaban J connectivity index is 1.80. The maximum Gasteiger partial charge on any atom is 0.338 e. The molecule has 0 atom stereocenters. The first-order valence-electron chi connectivity index (χ1n) is 10.7. The number of hydrogen-bond donors (Lipinski definition) is 1. The predicted molar refractivity (Wildman–Crippen MR) is 130 cm³/mol. The molecule has 0 aliphatic carbocycles. The van der Waals surface area contributed by atoms with Gasteiger partial charge in [0.25, 0.3) is 0 Å². The highest BCUT2D eigenvalue weighted by atomic mass is 16.4. The monoisotopic (exact) mass is 434 g/mol. The van der Waals surface area contributed by atoms with Gasteiger partial charge in [0.15, 0.2) is 5.78 Å². The zero-order valence-electron chi connectivity index (χ0n) is 18.4. The quantitative estimate of drug-likeness (QED) is 0.329. The maximum atomic E-state index is 12.6. The van der Waals surface area contributed by atoms with E-state index in [-0.39, 0.29) is 11.4 Å². The highest BCUT2D eigenvalue weighted by molar-refractivity contribution is 6.26. The van der Waals surface area contributed by atoms with Gasteiger partial charge in [-0.2, -0.15) is 0 Å². The predicted octanol–water partition coefficient (Wildman–Crippen LogP) is 5.72. The number of pyridine rings is 1. The molecule has 0 spiro atoms. The number of benzene rings is 3. The van der Waals surface area contributed by atoms with Gasteiger partial charge in [-0.05, 0) is 43.2 Å². The summed E-state index contributed by atoms with van der Waals surface area (Å²) in [7, 11) is 0. The third kappa shape index (κ3) is 3.57. The molecule has 1 aromatic heterocycles. The normalized spacial score (nSPS) is 14.3. The fourth-order valence-electron chi connectivity index (χ4n) is 4.40. The van der Waals surface area contributed by atoms with Crippen LogP contribution in [-0.4, -0.2) is 21.8 Å². The highest BCUT2D eigenvalue weighted by Crippen LogP contribution is 2.43. The minimum Gasteiger partial charge on any atom is -0.478 e. The Labute approximate surface area is 191 Å². The first-order chi connectivity index (χ1) is 15.9. The van der Waals surface area contributed by atoms with Crippen molar-refractivity contribution in [1.29, 1.82) is 0 Å². The molecule has 5 heteroatoms. The van der Waals surface area contributed by atoms with Crippen molar-refractivity contribution in [1.82, 2.24) is 4.98 Å². The lowest BCUT2D eigenvalue weighted by molar-refractivity contribution is -0.130. The molecule has 1 aliphatic rings. The summed E-state index contributed by atoms with van der Waals surface area (Å²) < 4.78 is 0. The van der Waals surface area contributed by atoms with Crippen LogP contribution in [0.2, 0.25) is 0 Å². The van der Waals surface area contributed by atoms with E-state index in [2.05, 4.69) is 4.98 Å². The van der Waals surface area contributed by atoms with Crippen LogP contribution in [0.25, 0.3) is 22.2 Å². The Kier molecular flexibility index (Phi) is 5.02. The topological polar surface area (TPSA) is 70.5 Å². The lowest BCUT2D eigenvalue weighted by Gasteiger charge is -2.23. The molecule has 4 aromatic rings. The van der Waals surface area contributed by atoms with Gasteiger partial charge in [-0.3, -0.25) is 9.78 Å². The van der Waals surface area contributed by atoms with Crippen molar-refractivity contribution in [2.75, 3.05) is 4.90 Å². The van der Waals surface area contributed by atoms with Crippen molar-refractivity contribution in [3.05, 3.63) is 107 Å². The third-order valence-corrected chi connectivity index (χ3v) is 6.10. The molecule has 3 aromatic carbocycles. The molecule has 5 nitrogen and oxygen atoms in total. The lowest BCUT2D eigenvalue weighted by Crippen LogP contribution is -2.18. The molecule has 0 radical (unpaired) electrons. The van der Waals surface area contributed by atoms with Crippen LogP contribution in [-0.2, 0) is 11.3 Å². The summed E-state index contributed by atoms with van der Waals surface area (Å²) in [6.07, 6.45) is 1.77. The van der Waals surface area contributed by atoms with E-state index in [4.69, 9.17) is 0 Å². The number of para-hydroxylation sites is 1. The highest BCUT2D eigenvalue weighted by Gasteiger charge is 2.32. The lowest BCUT2D eigenvalue weighted by atomic mass is 9.97. The number of fused-ring (bicyclic) bond motifs is 3. The zero-order valence-corrected chi connectivity index (χ0v) is 18.4. The molecule has 1 aliphatic heterocycles. The average Bonchev–Trinajstić information content (AvgIpc) is 3.19. The van der Waals surface area contributed by atoms with E-state index in [1.54, 1.807) is 30.5 Å². The summed E-state index contributed by atoms with van der Waals surface area (Å²) in [5, 5.41) is 11.4. The van der Waals surface area contributed by atoms with E-state index in [0.717, 1.165) is 33.3 Å². The molecular weight excluding hydrogens is 412 g/mol. The van der Waals surface area contributed by atoms with Crippen LogP contribution in [0.4, 0.5) is 5.69 Å². The minimum absolute atomic E-state index is 0.0609. The Morgan fingerprint density at radius 1 is 0.909 bits per heavy atom. The summed E-state index contributed by atoms with van der Waals surface area (Å²) in [4.78, 5) is 31.0. The van der Waals surface area contributed by atoms with Crippen LogP contribution in [0.1, 0.15) is 39.5 Å². The molecule has 0 fully saturated rings. The van der Waals surface area contributed by atoms with Crippen molar-refractivity contribution < 1.29 is 14.7 Å². The van der Waals surface area contributed by atoms with Crippen LogP contribution in [0.3, 0.4) is 0 Å². The van der Waals surface area contributed by atoms with Crippen molar-refractivity contribution in [3.8, 4) is 0 Å². The van der Waals surface area contributed by atoms with Gasteiger partial charge in [0.1, 0.15) is 0 Å². The molecule has 162 valence electrons. The van der Waals surface area contributed by atoms with Crippen molar-refractivity contribution in [2.45, 2.75) is 20.4 Å². The molecule has 1 N–H and O–H groups in total. The fourth-order valence-corrected chi connectivity index (χ4v) is 4.40. The van der Waals surface area contributed by atoms with Gasteiger partial charge < -0.3 is 10.0 Å². The summed E-state index contributed by atoms with van der Waals surface area (Å²) in [6.45, 7) is 4.06. The van der Waals surface area contributed by atoms with Crippen LogP contribution >= 0.6 is 0 Å². The number of aromatic nitrogens is 1. The second-order valence-electron chi connectivity index (χ2n) is 8.25. The molecule has 33 heavy (non-hydrogen) atoms. The number of ketones is 1. The summed E-state index contributed by atoms with van der Waals surface area (Å²) in [6, 6.07) is 22.7. The zero-order chi connectivity index (χ0) is 23.1. The largest absolute Gasteiger partial charge is 0.478 e. The summed E-state index contributed by atoms with van der Waals surface area (Å²) in [5.74, 6) is -1.09. The Morgan fingerprint density at radius 2 is 1.58 bits per heavy atom. The molecule has 0 bridgehead atoms. The summed E-state index contributed by atoms with van der Waals surface area (Å²) >= 11 is 0. The first kappa shape index (κ1) is 20.6. The van der Waals surface area contributed by atoms with Crippen molar-refractivity contribution >= 4 is 39.6 Å². The van der Waals surface area contributed by atoms with Crippen LogP contribution < -0.4 is 4.90 Å². The molecule has 0 saturated carbocycles. The number of aliphatic carboxylic acids is 1. The van der Waals surface area contributed by atoms with E-state index in [1.165, 1.54) is 6.92 Å². The number of carbonyl (C=O) groups excluding carboxylic acids is 1. The number of carboxylic acid groups (broad SMARTS) is 1. The van der Waals surface area contributed by atoms with Gasteiger partial charge in [0, 0.05) is 34.9 Å². The van der Waals surface area contributed by atoms with E-state index in [9.17, 15) is 14.7 Å². The van der Waals surface area contributed by atoms with Crippen LogP contribution in [0.15, 0.2) is 79.0 Å². The van der Waals surface area contributed by atoms with Crippen molar-refractivity contribution in [3.63, 3.8) is 0 Å². The average molecular weight is 434 g/mol. The number of carbonyl (C=O) groups is 2. The standard InChI is InChI=1S/C28H22N2O3/c1-17-7-13-21(14-8-17)30-16-24-22-5-3-4-6-25(22)29-15-23(24)27(30)26(28(32)33)20-11-9-19(10-12-20)18(2)31/h3-15H,16H2,1-2H3,(H,32,33). The van der Waals surface area contributed by atoms with Gasteiger partial charge in [-0.15, -0.1) is 0 Å². The van der Waals surface area contributed by atoms with E-state index >= 15 is 0 Å². The maximum absolute atomic E-state index is 12.6. The Bertz CT molecular complexity index is 1430. The molecular formula is C28H22N2O3. The van der Waals surface area contributed by atoms with Gasteiger partial charge in [-0.1, -0.05) is 60.2 Å². The Morgan fingerprint density at radius 3 is 2.24 bits per heavy atom. The van der Waals surface area contributed by atoms with E-state index < -0.39 is 5.97 Å². The number of Topliss-reactive ketones (excluding diaryl/α,β-unsaturated/α-hetero) is 1. The first-order valence-corrected chi connectivity index (χ1v) is 10.7. The molecule has 2 heterocycles. The minimum atomic E-state index is -1.03. The van der Waals surface area contributed by atoms with Gasteiger partial charge >= 0.3 is 5.97 Å². The molecule has 0 amide bonds. The number of hydrogen-bond acceptors (Lipinski definition) is 4. The second-order valence-corrected chi connectivity index (χ2v) is 8.25. The third-order valence-electron chi connectivity index (χ3n) is 6.10. The van der Waals surface area contributed by atoms with Crippen LogP contribution in [0.5, 0.6) is 0 Å². The Hall–Kier alpha value is -4.25. The number of nitrogens with zero attached hydrogens (tertiary/aromatic N) is 2. The smallest absolute Gasteiger partial charge is 0.338 e. The van der Waals surface area contributed by atoms with E-state index in [1.807, 2.05) is 60.4 Å². The van der Waals surface area contributed by atoms with E-state index in [0.29, 0.717) is 23.4 Å². The van der Waals surface area contributed by atoms with Gasteiger partial charge in [-0.25, -0.2) is 4.79 Å². The number of aryl methyl sites for hydroxylation is 1. The number of carboxylic acids is 1. The van der Waals surface area contributed by atoms with Crippen LogP contribution in [0, 0.1) is 6.92 Å². The number of rotatable bonds is 4. The van der Waals surface area contributed by atoms with Gasteiger partial charge in [0.05, 0.1) is 16.8 Å². The fraction of sp³-hybridized carbons (Fsp3) is 0.107. The molecule has 0 unspecified atom stereocenters. The van der Waals surface area contributed by atoms with Crippen molar-refractivity contribution in [2.24, 2.45) is 0 Å². The second kappa shape index (κ2) is 8.02. The van der Waals surface area contributed by atoms with Gasteiger partial charge in [0.2, 0.25) is 0 Å². The molecule has 5 rings (SSSR count). The molecule has 0 saturated heterocycles.